The fraction of sp³-hybridized carbons (Fsp3) is 0.357. The molecule has 0 radical (unpaired) electrons. The molecule has 7 heteroatoms. The minimum Gasteiger partial charge on any atom is -0.342 e. The topological polar surface area (TPSA) is 59.8 Å². The van der Waals surface area contributed by atoms with Crippen molar-refractivity contribution in [1.29, 1.82) is 0 Å². The molecule has 0 spiro atoms. The van der Waals surface area contributed by atoms with Gasteiger partial charge < -0.3 is 9.88 Å². The smallest absolute Gasteiger partial charge is 0.254 e. The summed E-state index contributed by atoms with van der Waals surface area (Å²) in [6, 6.07) is 3.63. The monoisotopic (exact) mass is 308 g/mol. The number of hydrogen-bond acceptors (Lipinski definition) is 3. The standard InChI is InChI=1S/C14H14ClFN4O/c1-8(13-19-18-12-3-2-6-20(12)13)17-14(21)10-5-4-9(15)7-11(10)16/h4-5,7-8H,2-3,6H2,1H3,(H,17,21)/t8-/m0/s1. The number of fused-ring (bicyclic) bond motifs is 1. The Morgan fingerprint density at radius 3 is 3.05 bits per heavy atom. The molecule has 0 unspecified atom stereocenters. The summed E-state index contributed by atoms with van der Waals surface area (Å²) in [6.07, 6.45) is 1.93. The predicted octanol–water partition coefficient (Wildman–Crippen LogP) is 2.51. The van der Waals surface area contributed by atoms with Crippen LogP contribution in [0.5, 0.6) is 0 Å². The van der Waals surface area contributed by atoms with Crippen molar-refractivity contribution in [3.05, 3.63) is 46.3 Å². The molecule has 1 aromatic heterocycles. The zero-order valence-electron chi connectivity index (χ0n) is 11.4. The molecule has 2 heterocycles. The van der Waals surface area contributed by atoms with E-state index < -0.39 is 11.7 Å². The van der Waals surface area contributed by atoms with Gasteiger partial charge in [0, 0.05) is 18.0 Å². The van der Waals surface area contributed by atoms with Gasteiger partial charge in [-0.05, 0) is 31.5 Å². The van der Waals surface area contributed by atoms with Gasteiger partial charge in [0.05, 0.1) is 11.6 Å². The molecular weight excluding hydrogens is 295 g/mol. The van der Waals surface area contributed by atoms with Crippen LogP contribution in [0.4, 0.5) is 4.39 Å². The van der Waals surface area contributed by atoms with E-state index in [4.69, 9.17) is 11.6 Å². The number of rotatable bonds is 3. The SMILES string of the molecule is C[C@H](NC(=O)c1ccc(Cl)cc1F)c1nnc2n1CCC2. The Balaban J connectivity index is 1.77. The molecule has 5 nitrogen and oxygen atoms in total. The average Bonchev–Trinajstić information content (AvgIpc) is 3.00. The molecule has 110 valence electrons. The summed E-state index contributed by atoms with van der Waals surface area (Å²) in [5.74, 6) is 0.500. The molecule has 1 N–H and O–H groups in total. The first-order valence-corrected chi connectivity index (χ1v) is 7.12. The molecular formula is C14H14ClFN4O. The highest BCUT2D eigenvalue weighted by atomic mass is 35.5. The van der Waals surface area contributed by atoms with Gasteiger partial charge in [-0.1, -0.05) is 11.6 Å². The summed E-state index contributed by atoms with van der Waals surface area (Å²) < 4.78 is 15.7. The molecule has 1 aliphatic heterocycles. The highest BCUT2D eigenvalue weighted by Crippen LogP contribution is 2.20. The maximum atomic E-state index is 13.7. The molecule has 1 atom stereocenters. The summed E-state index contributed by atoms with van der Waals surface area (Å²) in [4.78, 5) is 12.1. The molecule has 0 saturated heterocycles. The van der Waals surface area contributed by atoms with E-state index in [9.17, 15) is 9.18 Å². The normalized spacial score (nSPS) is 14.8. The summed E-state index contributed by atoms with van der Waals surface area (Å²) in [5, 5.41) is 11.2. The zero-order chi connectivity index (χ0) is 15.0. The van der Waals surface area contributed by atoms with Crippen LogP contribution in [-0.4, -0.2) is 20.7 Å². The fourth-order valence-corrected chi connectivity index (χ4v) is 2.66. The van der Waals surface area contributed by atoms with Gasteiger partial charge in [-0.2, -0.15) is 0 Å². The number of hydrogen-bond donors (Lipinski definition) is 1. The molecule has 0 fully saturated rings. The first-order chi connectivity index (χ1) is 10.1. The summed E-state index contributed by atoms with van der Waals surface area (Å²) in [6.45, 7) is 2.66. The van der Waals surface area contributed by atoms with Crippen LogP contribution < -0.4 is 5.32 Å². The van der Waals surface area contributed by atoms with E-state index in [1.54, 1.807) is 6.92 Å². The van der Waals surface area contributed by atoms with Crippen molar-refractivity contribution in [2.45, 2.75) is 32.4 Å². The van der Waals surface area contributed by atoms with Gasteiger partial charge in [0.25, 0.3) is 5.91 Å². The van der Waals surface area contributed by atoms with E-state index >= 15 is 0 Å². The largest absolute Gasteiger partial charge is 0.342 e. The molecule has 2 aromatic rings. The third kappa shape index (κ3) is 2.63. The molecule has 1 amide bonds. The maximum Gasteiger partial charge on any atom is 0.254 e. The quantitative estimate of drug-likeness (QED) is 0.947. The number of benzene rings is 1. The van der Waals surface area contributed by atoms with Crippen molar-refractivity contribution in [2.75, 3.05) is 0 Å². The molecule has 1 aromatic carbocycles. The number of amides is 1. The molecule has 0 saturated carbocycles. The molecule has 3 rings (SSSR count). The van der Waals surface area contributed by atoms with Crippen molar-refractivity contribution < 1.29 is 9.18 Å². The van der Waals surface area contributed by atoms with Crippen LogP contribution in [0, 0.1) is 5.82 Å². The Morgan fingerprint density at radius 1 is 1.48 bits per heavy atom. The van der Waals surface area contributed by atoms with E-state index in [-0.39, 0.29) is 16.6 Å². The number of aromatic nitrogens is 3. The number of nitrogens with zero attached hydrogens (tertiary/aromatic N) is 3. The van der Waals surface area contributed by atoms with Gasteiger partial charge >= 0.3 is 0 Å². The zero-order valence-corrected chi connectivity index (χ0v) is 12.2. The second kappa shape index (κ2) is 5.44. The Bertz CT molecular complexity index is 700. The van der Waals surface area contributed by atoms with Crippen LogP contribution in [0.1, 0.15) is 41.4 Å². The number of carbonyl (C=O) groups excluding carboxylic acids is 1. The highest BCUT2D eigenvalue weighted by molar-refractivity contribution is 6.30. The molecule has 0 bridgehead atoms. The van der Waals surface area contributed by atoms with Crippen molar-refractivity contribution in [1.82, 2.24) is 20.1 Å². The lowest BCUT2D eigenvalue weighted by Gasteiger charge is -2.14. The lowest BCUT2D eigenvalue weighted by Crippen LogP contribution is -2.29. The second-order valence-electron chi connectivity index (χ2n) is 5.05. The van der Waals surface area contributed by atoms with Crippen LogP contribution in [0.3, 0.4) is 0 Å². The summed E-state index contributed by atoms with van der Waals surface area (Å²) in [7, 11) is 0. The van der Waals surface area contributed by atoms with Crippen LogP contribution >= 0.6 is 11.6 Å². The van der Waals surface area contributed by atoms with Gasteiger partial charge in [0.15, 0.2) is 5.82 Å². The second-order valence-corrected chi connectivity index (χ2v) is 5.49. The number of carbonyl (C=O) groups is 1. The Kier molecular flexibility index (Phi) is 3.63. The van der Waals surface area contributed by atoms with Crippen LogP contribution in [0.2, 0.25) is 5.02 Å². The molecule has 1 aliphatic rings. The van der Waals surface area contributed by atoms with E-state index in [1.165, 1.54) is 12.1 Å². The van der Waals surface area contributed by atoms with Gasteiger partial charge in [0.2, 0.25) is 0 Å². The Labute approximate surface area is 126 Å². The minimum absolute atomic E-state index is 0.0348. The van der Waals surface area contributed by atoms with Gasteiger partial charge in [0.1, 0.15) is 11.6 Å². The first-order valence-electron chi connectivity index (χ1n) is 6.74. The summed E-state index contributed by atoms with van der Waals surface area (Å²) >= 11 is 5.68. The van der Waals surface area contributed by atoms with Gasteiger partial charge in [-0.3, -0.25) is 4.79 Å². The maximum absolute atomic E-state index is 13.7. The lowest BCUT2D eigenvalue weighted by molar-refractivity contribution is 0.0933. The van der Waals surface area contributed by atoms with Gasteiger partial charge in [-0.15, -0.1) is 10.2 Å². The number of aryl methyl sites for hydroxylation is 1. The van der Waals surface area contributed by atoms with Gasteiger partial charge in [-0.25, -0.2) is 4.39 Å². The van der Waals surface area contributed by atoms with E-state index in [1.807, 2.05) is 4.57 Å². The number of halogens is 2. The van der Waals surface area contributed by atoms with Crippen LogP contribution in [0.15, 0.2) is 18.2 Å². The molecule has 21 heavy (non-hydrogen) atoms. The van der Waals surface area contributed by atoms with Crippen molar-refractivity contribution in [3.8, 4) is 0 Å². The van der Waals surface area contributed by atoms with Crippen molar-refractivity contribution in [3.63, 3.8) is 0 Å². The average molecular weight is 309 g/mol. The first kappa shape index (κ1) is 14.0. The number of nitrogens with one attached hydrogen (secondary N) is 1. The fourth-order valence-electron chi connectivity index (χ4n) is 2.51. The lowest BCUT2D eigenvalue weighted by atomic mass is 10.2. The van der Waals surface area contributed by atoms with Crippen molar-refractivity contribution >= 4 is 17.5 Å². The van der Waals surface area contributed by atoms with Crippen molar-refractivity contribution in [2.24, 2.45) is 0 Å². The summed E-state index contributed by atoms with van der Waals surface area (Å²) in [5.41, 5.74) is -0.0348. The third-order valence-corrected chi connectivity index (χ3v) is 3.78. The predicted molar refractivity (Wildman–Crippen MR) is 75.6 cm³/mol. The van der Waals surface area contributed by atoms with E-state index in [0.29, 0.717) is 5.82 Å². The molecule has 0 aliphatic carbocycles. The highest BCUT2D eigenvalue weighted by Gasteiger charge is 2.23. The van der Waals surface area contributed by atoms with Crippen LogP contribution in [0.25, 0.3) is 0 Å². The Morgan fingerprint density at radius 2 is 2.29 bits per heavy atom. The minimum atomic E-state index is -0.640. The third-order valence-electron chi connectivity index (χ3n) is 3.55. The van der Waals surface area contributed by atoms with E-state index in [0.717, 1.165) is 31.3 Å². The Hall–Kier alpha value is -1.95. The van der Waals surface area contributed by atoms with Crippen LogP contribution in [-0.2, 0) is 13.0 Å². The van der Waals surface area contributed by atoms with E-state index in [2.05, 4.69) is 15.5 Å².